The minimum atomic E-state index is 1.07. The van der Waals surface area contributed by atoms with Crippen LogP contribution in [0.25, 0.3) is 0 Å². The summed E-state index contributed by atoms with van der Waals surface area (Å²) in [5.74, 6) is 0. The topological polar surface area (TPSA) is 18.5 Å². The molecule has 2 aliphatic heterocycles. The SMILES string of the molecule is CN1CCN2CCNc3cccc1c32. The van der Waals surface area contributed by atoms with Gasteiger partial charge in [0.1, 0.15) is 0 Å². The first-order chi connectivity index (χ1) is 6.86. The molecule has 0 aromatic heterocycles. The van der Waals surface area contributed by atoms with Gasteiger partial charge in [-0.25, -0.2) is 0 Å². The normalized spacial score (nSPS) is 18.9. The Kier molecular flexibility index (Phi) is 1.60. The van der Waals surface area contributed by atoms with Crippen molar-refractivity contribution in [1.29, 1.82) is 0 Å². The van der Waals surface area contributed by atoms with Crippen LogP contribution in [0.2, 0.25) is 0 Å². The minimum Gasteiger partial charge on any atom is -0.382 e. The number of benzene rings is 1. The van der Waals surface area contributed by atoms with E-state index in [0.717, 1.165) is 26.2 Å². The first kappa shape index (κ1) is 7.97. The second-order valence-electron chi connectivity index (χ2n) is 4.01. The van der Waals surface area contributed by atoms with Crippen molar-refractivity contribution < 1.29 is 0 Å². The molecule has 0 radical (unpaired) electrons. The Morgan fingerprint density at radius 1 is 1.21 bits per heavy atom. The summed E-state index contributed by atoms with van der Waals surface area (Å²) in [4.78, 5) is 4.82. The smallest absolute Gasteiger partial charge is 0.0840 e. The highest BCUT2D eigenvalue weighted by molar-refractivity contribution is 5.86. The summed E-state index contributed by atoms with van der Waals surface area (Å²) in [5, 5.41) is 3.45. The van der Waals surface area contributed by atoms with Crippen molar-refractivity contribution >= 4 is 17.1 Å². The van der Waals surface area contributed by atoms with Crippen LogP contribution >= 0.6 is 0 Å². The van der Waals surface area contributed by atoms with Gasteiger partial charge in [-0.3, -0.25) is 0 Å². The fourth-order valence-corrected chi connectivity index (χ4v) is 2.37. The largest absolute Gasteiger partial charge is 0.382 e. The molecule has 1 aromatic rings. The molecule has 3 heteroatoms. The molecule has 1 N–H and O–H groups in total. The van der Waals surface area contributed by atoms with E-state index in [1.165, 1.54) is 17.1 Å². The summed E-state index contributed by atoms with van der Waals surface area (Å²) in [7, 11) is 2.17. The zero-order valence-electron chi connectivity index (χ0n) is 8.45. The third-order valence-corrected chi connectivity index (χ3v) is 3.14. The Morgan fingerprint density at radius 2 is 2.14 bits per heavy atom. The lowest BCUT2D eigenvalue weighted by Gasteiger charge is -2.41. The maximum absolute atomic E-state index is 3.45. The van der Waals surface area contributed by atoms with E-state index in [9.17, 15) is 0 Å². The molecule has 3 rings (SSSR count). The molecule has 1 aromatic carbocycles. The van der Waals surface area contributed by atoms with E-state index >= 15 is 0 Å². The average Bonchev–Trinajstić information content (AvgIpc) is 2.24. The molecular weight excluding hydrogens is 174 g/mol. The van der Waals surface area contributed by atoms with E-state index in [2.05, 4.69) is 40.4 Å². The van der Waals surface area contributed by atoms with Crippen molar-refractivity contribution in [2.45, 2.75) is 0 Å². The molecule has 0 bridgehead atoms. The van der Waals surface area contributed by atoms with E-state index in [-0.39, 0.29) is 0 Å². The molecule has 0 saturated carbocycles. The first-order valence-corrected chi connectivity index (χ1v) is 5.19. The second kappa shape index (κ2) is 2.80. The quantitative estimate of drug-likeness (QED) is 0.665. The van der Waals surface area contributed by atoms with Gasteiger partial charge >= 0.3 is 0 Å². The van der Waals surface area contributed by atoms with Crippen LogP contribution in [-0.2, 0) is 0 Å². The second-order valence-corrected chi connectivity index (χ2v) is 4.01. The van der Waals surface area contributed by atoms with E-state index in [0.29, 0.717) is 0 Å². The fourth-order valence-electron chi connectivity index (χ4n) is 2.37. The molecule has 0 aliphatic carbocycles. The van der Waals surface area contributed by atoms with Gasteiger partial charge in [0.15, 0.2) is 0 Å². The van der Waals surface area contributed by atoms with E-state index in [1.807, 2.05) is 0 Å². The standard InChI is InChI=1S/C11H15N3/c1-13-7-8-14-6-5-12-9-3-2-4-10(13)11(9)14/h2-4,12H,5-8H2,1H3. The van der Waals surface area contributed by atoms with Crippen LogP contribution in [0.1, 0.15) is 0 Å². The number of likely N-dealkylation sites (N-methyl/N-ethyl adjacent to an activating group) is 1. The molecule has 2 heterocycles. The van der Waals surface area contributed by atoms with Gasteiger partial charge in [0.25, 0.3) is 0 Å². The molecular formula is C11H15N3. The molecule has 0 unspecified atom stereocenters. The molecule has 3 nitrogen and oxygen atoms in total. The molecule has 0 saturated heterocycles. The van der Waals surface area contributed by atoms with E-state index < -0.39 is 0 Å². The van der Waals surface area contributed by atoms with Crippen LogP contribution < -0.4 is 15.1 Å². The number of para-hydroxylation sites is 1. The Bertz CT molecular complexity index is 362. The molecule has 14 heavy (non-hydrogen) atoms. The van der Waals surface area contributed by atoms with Crippen molar-refractivity contribution in [2.24, 2.45) is 0 Å². The first-order valence-electron chi connectivity index (χ1n) is 5.19. The van der Waals surface area contributed by atoms with Gasteiger partial charge in [0, 0.05) is 33.2 Å². The fraction of sp³-hybridized carbons (Fsp3) is 0.455. The number of anilines is 3. The van der Waals surface area contributed by atoms with Crippen molar-refractivity contribution in [3.8, 4) is 0 Å². The van der Waals surface area contributed by atoms with Gasteiger partial charge in [-0.15, -0.1) is 0 Å². The maximum Gasteiger partial charge on any atom is 0.0840 e. The van der Waals surface area contributed by atoms with Crippen molar-refractivity contribution in [3.05, 3.63) is 18.2 Å². The van der Waals surface area contributed by atoms with Crippen LogP contribution in [0.5, 0.6) is 0 Å². The third kappa shape index (κ3) is 0.983. The number of nitrogens with one attached hydrogen (secondary N) is 1. The summed E-state index contributed by atoms with van der Waals surface area (Å²) in [6, 6.07) is 6.51. The molecule has 74 valence electrons. The summed E-state index contributed by atoms with van der Waals surface area (Å²) < 4.78 is 0. The zero-order chi connectivity index (χ0) is 9.54. The van der Waals surface area contributed by atoms with Crippen LogP contribution in [0, 0.1) is 0 Å². The predicted molar refractivity (Wildman–Crippen MR) is 60.4 cm³/mol. The van der Waals surface area contributed by atoms with Crippen molar-refractivity contribution in [3.63, 3.8) is 0 Å². The van der Waals surface area contributed by atoms with Gasteiger partial charge in [-0.05, 0) is 12.1 Å². The van der Waals surface area contributed by atoms with Gasteiger partial charge < -0.3 is 15.1 Å². The van der Waals surface area contributed by atoms with Gasteiger partial charge in [-0.2, -0.15) is 0 Å². The number of nitrogens with zero attached hydrogens (tertiary/aromatic N) is 2. The third-order valence-electron chi connectivity index (χ3n) is 3.14. The highest BCUT2D eigenvalue weighted by atomic mass is 15.3. The molecule has 0 spiro atoms. The molecule has 0 amide bonds. The van der Waals surface area contributed by atoms with Gasteiger partial charge in [-0.1, -0.05) is 6.07 Å². The molecule has 0 atom stereocenters. The number of hydrogen-bond donors (Lipinski definition) is 1. The van der Waals surface area contributed by atoms with Crippen molar-refractivity contribution in [2.75, 3.05) is 48.3 Å². The number of rotatable bonds is 0. The van der Waals surface area contributed by atoms with Crippen LogP contribution in [-0.4, -0.2) is 33.2 Å². The van der Waals surface area contributed by atoms with Crippen LogP contribution in [0.15, 0.2) is 18.2 Å². The van der Waals surface area contributed by atoms with Crippen LogP contribution in [0.4, 0.5) is 17.1 Å². The van der Waals surface area contributed by atoms with Crippen molar-refractivity contribution in [1.82, 2.24) is 0 Å². The monoisotopic (exact) mass is 189 g/mol. The van der Waals surface area contributed by atoms with Gasteiger partial charge in [0.2, 0.25) is 0 Å². The predicted octanol–water partition coefficient (Wildman–Crippen LogP) is 1.37. The van der Waals surface area contributed by atoms with Gasteiger partial charge in [0.05, 0.1) is 17.1 Å². The summed E-state index contributed by atoms with van der Waals surface area (Å²) in [6.07, 6.45) is 0. The summed E-state index contributed by atoms with van der Waals surface area (Å²) >= 11 is 0. The zero-order valence-corrected chi connectivity index (χ0v) is 8.45. The van der Waals surface area contributed by atoms with E-state index in [4.69, 9.17) is 0 Å². The Hall–Kier alpha value is -1.38. The lowest BCUT2D eigenvalue weighted by atomic mass is 10.1. The lowest BCUT2D eigenvalue weighted by Crippen LogP contribution is -2.44. The minimum absolute atomic E-state index is 1.07. The highest BCUT2D eigenvalue weighted by Crippen LogP contribution is 2.40. The Balaban J connectivity index is 2.19. The lowest BCUT2D eigenvalue weighted by molar-refractivity contribution is 0.729. The highest BCUT2D eigenvalue weighted by Gasteiger charge is 2.25. The van der Waals surface area contributed by atoms with Crippen LogP contribution in [0.3, 0.4) is 0 Å². The summed E-state index contributed by atoms with van der Waals surface area (Å²) in [5.41, 5.74) is 4.05. The Morgan fingerprint density at radius 3 is 3.07 bits per heavy atom. The molecule has 2 aliphatic rings. The summed E-state index contributed by atoms with van der Waals surface area (Å²) in [6.45, 7) is 4.50. The maximum atomic E-state index is 3.45. The molecule has 0 fully saturated rings. The average molecular weight is 189 g/mol. The Labute approximate surface area is 84.3 Å². The number of hydrogen-bond acceptors (Lipinski definition) is 3. The van der Waals surface area contributed by atoms with E-state index in [1.54, 1.807) is 0 Å².